The fourth-order valence-corrected chi connectivity index (χ4v) is 3.98. The van der Waals surface area contributed by atoms with Crippen LogP contribution in [-0.4, -0.2) is 37.2 Å². The van der Waals surface area contributed by atoms with E-state index in [-0.39, 0.29) is 5.15 Å². The van der Waals surface area contributed by atoms with E-state index < -0.39 is 5.97 Å². The number of rotatable bonds is 5. The van der Waals surface area contributed by atoms with Crippen LogP contribution in [0.5, 0.6) is 0 Å². The Kier molecular flexibility index (Phi) is 4.73. The molecule has 0 fully saturated rings. The average Bonchev–Trinajstić information content (AvgIpc) is 3.07. The second kappa shape index (κ2) is 6.76. The van der Waals surface area contributed by atoms with E-state index >= 15 is 0 Å². The Morgan fingerprint density at radius 3 is 3.09 bits per heavy atom. The molecule has 1 aromatic carbocycles. The summed E-state index contributed by atoms with van der Waals surface area (Å²) in [6.07, 6.45) is 1.08. The molecule has 0 radical (unpaired) electrons. The molecule has 1 atom stereocenters. The summed E-state index contributed by atoms with van der Waals surface area (Å²) < 4.78 is 4.68. The normalized spacial score (nSPS) is 16.3. The topological polar surface area (TPSA) is 54.5 Å². The molecule has 5 nitrogen and oxygen atoms in total. The number of carbonyl (C=O) groups excluding carboxylic acids is 1. The standard InChI is InChI=1S/C16H18ClN3O2S/c1-10-9-11-5-3-4-6-12(11)20(10)8-7-18-16-19-14(17)13(23-16)15(21)22-2/h3-6,10H,7-9H2,1-2H3,(H,18,19). The lowest BCUT2D eigenvalue weighted by molar-refractivity contribution is 0.0606. The van der Waals surface area contributed by atoms with Crippen LogP contribution < -0.4 is 10.2 Å². The quantitative estimate of drug-likeness (QED) is 0.836. The SMILES string of the molecule is COC(=O)c1sc(NCCN2c3ccccc3CC2C)nc1Cl. The summed E-state index contributed by atoms with van der Waals surface area (Å²) >= 11 is 7.18. The average molecular weight is 352 g/mol. The van der Waals surface area contributed by atoms with Crippen molar-refractivity contribution in [2.24, 2.45) is 0 Å². The number of ether oxygens (including phenoxy) is 1. The van der Waals surface area contributed by atoms with Gasteiger partial charge in [0, 0.05) is 24.8 Å². The minimum absolute atomic E-state index is 0.184. The van der Waals surface area contributed by atoms with Crippen molar-refractivity contribution < 1.29 is 9.53 Å². The number of methoxy groups -OCH3 is 1. The van der Waals surface area contributed by atoms with E-state index in [1.54, 1.807) is 0 Å². The van der Waals surface area contributed by atoms with Crippen molar-refractivity contribution in [2.75, 3.05) is 30.4 Å². The number of halogens is 1. The number of para-hydroxylation sites is 1. The summed E-state index contributed by atoms with van der Waals surface area (Å²) in [6.45, 7) is 3.82. The van der Waals surface area contributed by atoms with Crippen LogP contribution in [0.3, 0.4) is 0 Å². The number of nitrogens with zero attached hydrogens (tertiary/aromatic N) is 2. The molecule has 0 bridgehead atoms. The third kappa shape index (κ3) is 3.28. The molecule has 0 spiro atoms. The minimum atomic E-state index is -0.456. The van der Waals surface area contributed by atoms with Crippen LogP contribution in [0.2, 0.25) is 5.15 Å². The zero-order valence-corrected chi connectivity index (χ0v) is 14.6. The van der Waals surface area contributed by atoms with Gasteiger partial charge >= 0.3 is 5.97 Å². The van der Waals surface area contributed by atoms with Crippen LogP contribution in [0.15, 0.2) is 24.3 Å². The minimum Gasteiger partial charge on any atom is -0.465 e. The summed E-state index contributed by atoms with van der Waals surface area (Å²) in [5.74, 6) is -0.456. The zero-order chi connectivity index (χ0) is 16.4. The van der Waals surface area contributed by atoms with Crippen LogP contribution in [0.1, 0.15) is 22.2 Å². The fourth-order valence-electron chi connectivity index (χ4n) is 2.85. The summed E-state index contributed by atoms with van der Waals surface area (Å²) in [4.78, 5) is 18.4. The van der Waals surface area contributed by atoms with E-state index in [0.717, 1.165) is 19.5 Å². The highest BCUT2D eigenvalue weighted by molar-refractivity contribution is 7.18. The highest BCUT2D eigenvalue weighted by atomic mass is 35.5. The van der Waals surface area contributed by atoms with Crippen molar-refractivity contribution in [1.29, 1.82) is 0 Å². The van der Waals surface area contributed by atoms with Crippen LogP contribution in [0.25, 0.3) is 0 Å². The lowest BCUT2D eigenvalue weighted by Gasteiger charge is -2.24. The number of thiazole rings is 1. The number of aromatic nitrogens is 1. The molecule has 23 heavy (non-hydrogen) atoms. The number of nitrogens with one attached hydrogen (secondary N) is 1. The second-order valence-electron chi connectivity index (χ2n) is 5.43. The highest BCUT2D eigenvalue weighted by Gasteiger charge is 2.25. The van der Waals surface area contributed by atoms with Crippen LogP contribution in [-0.2, 0) is 11.2 Å². The maximum Gasteiger partial charge on any atom is 0.351 e. The first kappa shape index (κ1) is 16.1. The molecule has 0 saturated heterocycles. The first-order valence-electron chi connectivity index (χ1n) is 7.43. The molecule has 1 aliphatic rings. The number of fused-ring (bicyclic) bond motifs is 1. The van der Waals surface area contributed by atoms with Gasteiger partial charge in [-0.05, 0) is 25.0 Å². The monoisotopic (exact) mass is 351 g/mol. The maximum atomic E-state index is 11.5. The van der Waals surface area contributed by atoms with Crippen molar-refractivity contribution in [3.05, 3.63) is 39.9 Å². The van der Waals surface area contributed by atoms with E-state index in [1.165, 1.54) is 29.7 Å². The summed E-state index contributed by atoms with van der Waals surface area (Å²) in [7, 11) is 1.33. The predicted octanol–water partition coefficient (Wildman–Crippen LogP) is 3.45. The van der Waals surface area contributed by atoms with E-state index in [1.807, 2.05) is 0 Å². The molecule has 1 aromatic heterocycles. The highest BCUT2D eigenvalue weighted by Crippen LogP contribution is 2.31. The van der Waals surface area contributed by atoms with Crippen LogP contribution >= 0.6 is 22.9 Å². The maximum absolute atomic E-state index is 11.5. The Bertz CT molecular complexity index is 719. The van der Waals surface area contributed by atoms with Crippen LogP contribution in [0.4, 0.5) is 10.8 Å². The molecule has 3 rings (SSSR count). The van der Waals surface area contributed by atoms with Crippen molar-refractivity contribution in [3.63, 3.8) is 0 Å². The Labute approximate surface area is 144 Å². The molecule has 2 heterocycles. The molecule has 0 amide bonds. The number of hydrogen-bond acceptors (Lipinski definition) is 6. The van der Waals surface area contributed by atoms with Gasteiger partial charge in [-0.15, -0.1) is 0 Å². The van der Waals surface area contributed by atoms with Gasteiger partial charge < -0.3 is 15.0 Å². The van der Waals surface area contributed by atoms with Crippen molar-refractivity contribution in [3.8, 4) is 0 Å². The van der Waals surface area contributed by atoms with Gasteiger partial charge in [0.2, 0.25) is 0 Å². The molecule has 122 valence electrons. The third-order valence-electron chi connectivity index (χ3n) is 3.93. The van der Waals surface area contributed by atoms with Gasteiger partial charge in [0.25, 0.3) is 0 Å². The second-order valence-corrected chi connectivity index (χ2v) is 6.79. The Hall–Kier alpha value is -1.79. The van der Waals surface area contributed by atoms with Crippen LogP contribution in [0, 0.1) is 0 Å². The predicted molar refractivity (Wildman–Crippen MR) is 93.9 cm³/mol. The summed E-state index contributed by atoms with van der Waals surface area (Å²) in [5.41, 5.74) is 2.69. The molecule has 1 aliphatic heterocycles. The Morgan fingerprint density at radius 1 is 1.52 bits per heavy atom. The fraction of sp³-hybridized carbons (Fsp3) is 0.375. The molecular weight excluding hydrogens is 334 g/mol. The number of carbonyl (C=O) groups is 1. The third-order valence-corrected chi connectivity index (χ3v) is 5.31. The number of hydrogen-bond donors (Lipinski definition) is 1. The van der Waals surface area contributed by atoms with Gasteiger partial charge in [-0.2, -0.15) is 0 Å². The van der Waals surface area contributed by atoms with Crippen molar-refractivity contribution in [2.45, 2.75) is 19.4 Å². The van der Waals surface area contributed by atoms with Gasteiger partial charge in [0.05, 0.1) is 7.11 Å². The largest absolute Gasteiger partial charge is 0.465 e. The van der Waals surface area contributed by atoms with Gasteiger partial charge in [0.1, 0.15) is 0 Å². The number of anilines is 2. The zero-order valence-electron chi connectivity index (χ0n) is 13.0. The van der Waals surface area contributed by atoms with Gasteiger partial charge in [-0.1, -0.05) is 41.1 Å². The molecular formula is C16H18ClN3O2S. The molecule has 1 unspecified atom stereocenters. The Balaban J connectivity index is 1.61. The van der Waals surface area contributed by atoms with E-state index in [2.05, 4.69) is 51.1 Å². The summed E-state index contributed by atoms with van der Waals surface area (Å²) in [5, 5.41) is 4.06. The molecule has 7 heteroatoms. The molecule has 0 aliphatic carbocycles. The molecule has 1 N–H and O–H groups in total. The number of benzene rings is 1. The smallest absolute Gasteiger partial charge is 0.351 e. The van der Waals surface area contributed by atoms with Gasteiger partial charge in [-0.25, -0.2) is 9.78 Å². The van der Waals surface area contributed by atoms with Crippen molar-refractivity contribution in [1.82, 2.24) is 4.98 Å². The van der Waals surface area contributed by atoms with Gasteiger partial charge in [0.15, 0.2) is 15.2 Å². The first-order chi connectivity index (χ1) is 11.1. The first-order valence-corrected chi connectivity index (χ1v) is 8.62. The number of esters is 1. The van der Waals surface area contributed by atoms with E-state index in [9.17, 15) is 4.79 Å². The lowest BCUT2D eigenvalue weighted by atomic mass is 10.1. The summed E-state index contributed by atoms with van der Waals surface area (Å²) in [6, 6.07) is 8.98. The van der Waals surface area contributed by atoms with E-state index in [4.69, 9.17) is 11.6 Å². The molecule has 0 saturated carbocycles. The lowest BCUT2D eigenvalue weighted by Crippen LogP contribution is -2.33. The Morgan fingerprint density at radius 2 is 2.30 bits per heavy atom. The molecule has 2 aromatic rings. The van der Waals surface area contributed by atoms with Crippen molar-refractivity contribution >= 4 is 39.7 Å². The van der Waals surface area contributed by atoms with Gasteiger partial charge in [-0.3, -0.25) is 0 Å². The van der Waals surface area contributed by atoms with E-state index in [0.29, 0.717) is 16.1 Å².